The van der Waals surface area contributed by atoms with Crippen LogP contribution in [0.25, 0.3) is 22.8 Å². The van der Waals surface area contributed by atoms with Crippen molar-refractivity contribution in [1.82, 2.24) is 40.3 Å². The van der Waals surface area contributed by atoms with Gasteiger partial charge in [0.1, 0.15) is 5.82 Å². The molecule has 2 aromatic carbocycles. The summed E-state index contributed by atoms with van der Waals surface area (Å²) in [5, 5.41) is 20.2. The molecule has 10 heteroatoms. The highest BCUT2D eigenvalue weighted by Crippen LogP contribution is 2.19. The molecule has 146 valence electrons. The Balaban J connectivity index is 1.29. The van der Waals surface area contributed by atoms with Gasteiger partial charge in [-0.1, -0.05) is 60.7 Å². The van der Waals surface area contributed by atoms with E-state index in [1.54, 1.807) is 12.3 Å². The third-order valence-corrected chi connectivity index (χ3v) is 4.18. The predicted octanol–water partition coefficient (Wildman–Crippen LogP) is 3.53. The molecule has 0 atom stereocenters. The van der Waals surface area contributed by atoms with Crippen LogP contribution in [0.1, 0.15) is 0 Å². The second-order valence-corrected chi connectivity index (χ2v) is 6.26. The molecule has 3 aromatic heterocycles. The van der Waals surface area contributed by atoms with Crippen LogP contribution in [0.2, 0.25) is 0 Å². The molecule has 0 aliphatic heterocycles. The van der Waals surface area contributed by atoms with Crippen molar-refractivity contribution in [2.45, 2.75) is 0 Å². The van der Waals surface area contributed by atoms with Gasteiger partial charge in [-0.3, -0.25) is 10.4 Å². The van der Waals surface area contributed by atoms with E-state index in [1.165, 1.54) is 0 Å². The quantitative estimate of drug-likeness (QED) is 0.342. The fourth-order valence-electron chi connectivity index (χ4n) is 2.79. The number of aromatic amines is 2. The Hall–Kier alpha value is -4.60. The average molecular weight is 396 g/mol. The first-order valence-electron chi connectivity index (χ1n) is 9.16. The minimum atomic E-state index is 0.349. The number of nitrogens with one attached hydrogen (secondary N) is 4. The molecule has 0 bridgehead atoms. The Morgan fingerprint density at radius 2 is 1.40 bits per heavy atom. The van der Waals surface area contributed by atoms with Crippen LogP contribution in [-0.2, 0) is 0 Å². The molecule has 4 N–H and O–H groups in total. The molecular weight excluding hydrogens is 380 g/mol. The van der Waals surface area contributed by atoms with Gasteiger partial charge in [0.15, 0.2) is 11.6 Å². The van der Waals surface area contributed by atoms with E-state index in [9.17, 15) is 0 Å². The highest BCUT2D eigenvalue weighted by Gasteiger charge is 2.09. The molecule has 0 aliphatic carbocycles. The summed E-state index contributed by atoms with van der Waals surface area (Å²) in [6.07, 6.45) is 1.62. The number of rotatable bonds is 6. The molecular formula is C20H16N10. The largest absolute Gasteiger partial charge is 0.309 e. The zero-order valence-electron chi connectivity index (χ0n) is 15.6. The molecule has 3 heterocycles. The summed E-state index contributed by atoms with van der Waals surface area (Å²) in [7, 11) is 0. The molecule has 5 rings (SSSR count). The number of H-pyrrole nitrogens is 2. The van der Waals surface area contributed by atoms with Crippen LogP contribution in [0.4, 0.5) is 23.7 Å². The monoisotopic (exact) mass is 396 g/mol. The lowest BCUT2D eigenvalue weighted by molar-refractivity contribution is 1.07. The maximum Gasteiger partial charge on any atom is 0.249 e. The smallest absolute Gasteiger partial charge is 0.249 e. The first kappa shape index (κ1) is 17.5. The van der Waals surface area contributed by atoms with Crippen molar-refractivity contribution >= 4 is 23.7 Å². The summed E-state index contributed by atoms with van der Waals surface area (Å²) >= 11 is 0. The molecule has 30 heavy (non-hydrogen) atoms. The topological polar surface area (TPSA) is 133 Å². The van der Waals surface area contributed by atoms with Crippen molar-refractivity contribution in [1.29, 1.82) is 0 Å². The lowest BCUT2D eigenvalue weighted by Crippen LogP contribution is -2.02. The van der Waals surface area contributed by atoms with Crippen molar-refractivity contribution in [3.8, 4) is 22.8 Å². The number of hydrogen-bond acceptors (Lipinski definition) is 8. The van der Waals surface area contributed by atoms with E-state index < -0.39 is 0 Å². The summed E-state index contributed by atoms with van der Waals surface area (Å²) in [6, 6.07) is 21.2. The summed E-state index contributed by atoms with van der Waals surface area (Å²) in [5.41, 5.74) is 1.86. The Morgan fingerprint density at radius 1 is 0.633 bits per heavy atom. The van der Waals surface area contributed by atoms with Crippen molar-refractivity contribution < 1.29 is 0 Å². The molecule has 0 amide bonds. The normalized spacial score (nSPS) is 10.7. The SMILES string of the molecule is c1ccc(-c2n[nH]c(Nc3ccnc(Nc4n[nH]c(-c5ccccc5)n4)n3)n2)cc1. The number of nitrogens with zero attached hydrogens (tertiary/aromatic N) is 6. The molecule has 0 aliphatic rings. The molecule has 0 unspecified atom stereocenters. The Kier molecular flexibility index (Phi) is 4.55. The Morgan fingerprint density at radius 3 is 2.20 bits per heavy atom. The van der Waals surface area contributed by atoms with Gasteiger partial charge < -0.3 is 5.32 Å². The van der Waals surface area contributed by atoms with Gasteiger partial charge >= 0.3 is 0 Å². The van der Waals surface area contributed by atoms with Gasteiger partial charge in [0.25, 0.3) is 0 Å². The molecule has 10 nitrogen and oxygen atoms in total. The third-order valence-electron chi connectivity index (χ3n) is 4.18. The summed E-state index contributed by atoms with van der Waals surface area (Å²) in [4.78, 5) is 17.5. The van der Waals surface area contributed by atoms with Crippen LogP contribution in [0.5, 0.6) is 0 Å². The zero-order valence-corrected chi connectivity index (χ0v) is 15.6. The minimum absolute atomic E-state index is 0.349. The van der Waals surface area contributed by atoms with Crippen LogP contribution in [-0.4, -0.2) is 40.3 Å². The van der Waals surface area contributed by atoms with Crippen LogP contribution in [0.3, 0.4) is 0 Å². The van der Waals surface area contributed by atoms with E-state index in [4.69, 9.17) is 0 Å². The number of aromatic nitrogens is 8. The third kappa shape index (κ3) is 3.83. The van der Waals surface area contributed by atoms with E-state index in [0.29, 0.717) is 35.3 Å². The lowest BCUT2D eigenvalue weighted by atomic mass is 10.2. The Bertz CT molecular complexity index is 1150. The lowest BCUT2D eigenvalue weighted by Gasteiger charge is -2.04. The molecule has 0 saturated carbocycles. The van der Waals surface area contributed by atoms with E-state index in [2.05, 4.69) is 51.0 Å². The number of anilines is 4. The second kappa shape index (κ2) is 7.80. The van der Waals surface area contributed by atoms with E-state index in [0.717, 1.165) is 11.1 Å². The fourth-order valence-corrected chi connectivity index (χ4v) is 2.79. The second-order valence-electron chi connectivity index (χ2n) is 6.26. The van der Waals surface area contributed by atoms with Gasteiger partial charge in [-0.2, -0.15) is 20.1 Å². The van der Waals surface area contributed by atoms with E-state index in [-0.39, 0.29) is 0 Å². The zero-order chi connectivity index (χ0) is 20.2. The molecule has 0 radical (unpaired) electrons. The van der Waals surface area contributed by atoms with Gasteiger partial charge in [-0.05, 0) is 6.07 Å². The first-order chi connectivity index (χ1) is 14.8. The van der Waals surface area contributed by atoms with Crippen molar-refractivity contribution in [2.24, 2.45) is 0 Å². The summed E-state index contributed by atoms with van der Waals surface area (Å²) < 4.78 is 0. The highest BCUT2D eigenvalue weighted by molar-refractivity contribution is 5.59. The van der Waals surface area contributed by atoms with Gasteiger partial charge in [0.05, 0.1) is 0 Å². The van der Waals surface area contributed by atoms with Crippen LogP contribution in [0, 0.1) is 0 Å². The molecule has 0 saturated heterocycles. The maximum atomic E-state index is 4.44. The maximum absolute atomic E-state index is 4.44. The highest BCUT2D eigenvalue weighted by atomic mass is 15.3. The number of benzene rings is 2. The first-order valence-corrected chi connectivity index (χ1v) is 9.16. The average Bonchev–Trinajstić information content (AvgIpc) is 3.45. The standard InChI is InChI=1S/C20H16N10/c1-3-7-13(8-4-1)16-24-19(29-27-16)23-15-11-12-21-18(22-15)26-20-25-17(28-30-20)14-9-5-2-6-10-14/h1-12H,(H4,21,22,23,24,25,26,27,28,29,30). The summed E-state index contributed by atoms with van der Waals surface area (Å²) in [5.74, 6) is 2.99. The van der Waals surface area contributed by atoms with Crippen molar-refractivity contribution in [3.63, 3.8) is 0 Å². The molecule has 5 aromatic rings. The van der Waals surface area contributed by atoms with Gasteiger partial charge in [0, 0.05) is 17.3 Å². The van der Waals surface area contributed by atoms with Gasteiger partial charge in [-0.15, -0.1) is 5.10 Å². The molecule has 0 fully saturated rings. The van der Waals surface area contributed by atoms with Crippen molar-refractivity contribution in [3.05, 3.63) is 72.9 Å². The fraction of sp³-hybridized carbons (Fsp3) is 0. The van der Waals surface area contributed by atoms with E-state index in [1.807, 2.05) is 60.7 Å². The van der Waals surface area contributed by atoms with Crippen LogP contribution in [0.15, 0.2) is 72.9 Å². The van der Waals surface area contributed by atoms with Crippen LogP contribution < -0.4 is 10.6 Å². The Labute approximate surface area is 170 Å². The minimum Gasteiger partial charge on any atom is -0.309 e. The number of hydrogen-bond donors (Lipinski definition) is 4. The van der Waals surface area contributed by atoms with E-state index >= 15 is 0 Å². The predicted molar refractivity (Wildman–Crippen MR) is 112 cm³/mol. The van der Waals surface area contributed by atoms with Crippen molar-refractivity contribution in [2.75, 3.05) is 10.6 Å². The molecule has 0 spiro atoms. The van der Waals surface area contributed by atoms with Crippen LogP contribution >= 0.6 is 0 Å². The van der Waals surface area contributed by atoms with Gasteiger partial charge in [0.2, 0.25) is 17.8 Å². The van der Waals surface area contributed by atoms with Gasteiger partial charge in [-0.25, -0.2) is 10.1 Å². The summed E-state index contributed by atoms with van der Waals surface area (Å²) in [6.45, 7) is 0.